The van der Waals surface area contributed by atoms with Crippen LogP contribution in [-0.2, 0) is 19.1 Å². The van der Waals surface area contributed by atoms with Crippen LogP contribution in [-0.4, -0.2) is 45.4 Å². The Kier molecular flexibility index (Phi) is 7.44. The fraction of sp³-hybridized carbons (Fsp3) is 0.214. The fourth-order valence-corrected chi connectivity index (χ4v) is 3.50. The molecule has 0 amide bonds. The smallest absolute Gasteiger partial charge is 0.332 e. The quantitative estimate of drug-likeness (QED) is 0.185. The van der Waals surface area contributed by atoms with Crippen LogP contribution in [0.15, 0.2) is 19.0 Å². The SMILES string of the molecule is COC(=O)C[C@H](C(=O)O)/C(=C/c1c(Br)c(O)c(O)c(Br)c1Br)C(=O)O. The third-order valence-corrected chi connectivity index (χ3v) is 6.06. The molecular formula is C14H11Br3O8. The zero-order chi connectivity index (χ0) is 19.5. The second-order valence-corrected chi connectivity index (χ2v) is 7.01. The van der Waals surface area contributed by atoms with Crippen LogP contribution in [0, 0.1) is 5.92 Å². The lowest BCUT2D eigenvalue weighted by Gasteiger charge is -2.15. The number of hydrogen-bond acceptors (Lipinski definition) is 6. The topological polar surface area (TPSA) is 141 Å². The molecule has 0 fully saturated rings. The molecule has 1 aromatic rings. The largest absolute Gasteiger partial charge is 0.503 e. The Balaban J connectivity index is 3.62. The first kappa shape index (κ1) is 21.5. The van der Waals surface area contributed by atoms with E-state index in [0.717, 1.165) is 13.2 Å². The van der Waals surface area contributed by atoms with Gasteiger partial charge in [-0.3, -0.25) is 9.59 Å². The van der Waals surface area contributed by atoms with Crippen LogP contribution in [0.3, 0.4) is 0 Å². The minimum absolute atomic E-state index is 0.0315. The number of carbonyl (C=O) groups is 3. The molecule has 0 spiro atoms. The molecule has 0 unspecified atom stereocenters. The summed E-state index contributed by atoms with van der Waals surface area (Å²) >= 11 is 9.14. The van der Waals surface area contributed by atoms with Gasteiger partial charge in [0.15, 0.2) is 11.5 Å². The number of hydrogen-bond donors (Lipinski definition) is 4. The van der Waals surface area contributed by atoms with Gasteiger partial charge >= 0.3 is 17.9 Å². The summed E-state index contributed by atoms with van der Waals surface area (Å²) in [6.45, 7) is 0. The van der Waals surface area contributed by atoms with E-state index >= 15 is 0 Å². The van der Waals surface area contributed by atoms with E-state index in [2.05, 4.69) is 52.5 Å². The van der Waals surface area contributed by atoms with Crippen molar-refractivity contribution in [2.75, 3.05) is 7.11 Å². The Morgan fingerprint density at radius 2 is 1.56 bits per heavy atom. The van der Waals surface area contributed by atoms with Gasteiger partial charge in [0.05, 0.1) is 34.0 Å². The summed E-state index contributed by atoms with van der Waals surface area (Å²) in [5.41, 5.74) is -0.563. The number of halogens is 3. The molecule has 0 aliphatic rings. The Labute approximate surface area is 166 Å². The fourth-order valence-electron chi connectivity index (χ4n) is 1.83. The highest BCUT2D eigenvalue weighted by atomic mass is 79.9. The summed E-state index contributed by atoms with van der Waals surface area (Å²) in [5, 5.41) is 38.2. The zero-order valence-electron chi connectivity index (χ0n) is 12.4. The van der Waals surface area contributed by atoms with E-state index in [1.54, 1.807) is 0 Å². The molecule has 0 saturated heterocycles. The highest BCUT2D eigenvalue weighted by molar-refractivity contribution is 9.13. The van der Waals surface area contributed by atoms with Gasteiger partial charge in [-0.25, -0.2) is 4.79 Å². The summed E-state index contributed by atoms with van der Waals surface area (Å²) in [7, 11) is 1.05. The molecule has 11 heteroatoms. The maximum Gasteiger partial charge on any atom is 0.332 e. The maximum atomic E-state index is 11.5. The molecule has 136 valence electrons. The lowest BCUT2D eigenvalue weighted by atomic mass is 9.93. The summed E-state index contributed by atoms with van der Waals surface area (Å²) < 4.78 is 4.52. The van der Waals surface area contributed by atoms with Crippen molar-refractivity contribution in [3.8, 4) is 11.5 Å². The number of aliphatic carboxylic acids is 2. The molecule has 25 heavy (non-hydrogen) atoms. The highest BCUT2D eigenvalue weighted by Gasteiger charge is 2.31. The molecule has 4 N–H and O–H groups in total. The number of carboxylic acid groups (broad SMARTS) is 2. The minimum atomic E-state index is -1.68. The third-order valence-electron chi connectivity index (χ3n) is 3.12. The van der Waals surface area contributed by atoms with Crippen molar-refractivity contribution in [3.63, 3.8) is 0 Å². The van der Waals surface area contributed by atoms with Crippen LogP contribution in [0.25, 0.3) is 6.08 Å². The van der Waals surface area contributed by atoms with Crippen molar-refractivity contribution in [2.24, 2.45) is 5.92 Å². The molecule has 1 aromatic carbocycles. The van der Waals surface area contributed by atoms with Crippen LogP contribution < -0.4 is 0 Å². The number of ether oxygens (including phenoxy) is 1. The van der Waals surface area contributed by atoms with E-state index in [1.807, 2.05) is 0 Å². The second-order valence-electron chi connectivity index (χ2n) is 4.63. The number of esters is 1. The van der Waals surface area contributed by atoms with Gasteiger partial charge in [-0.05, 0) is 53.9 Å². The van der Waals surface area contributed by atoms with Crippen molar-refractivity contribution >= 4 is 71.8 Å². The number of aromatic hydroxyl groups is 2. The summed E-state index contributed by atoms with van der Waals surface area (Å²) in [5.74, 6) is -6.76. The first-order chi connectivity index (χ1) is 11.5. The number of carbonyl (C=O) groups excluding carboxylic acids is 1. The standard InChI is InChI=1S/C14H11Br3O8/c1-25-7(18)3-5(14(23)24)4(13(21)22)2-6-8(15)10(17)12(20)11(19)9(6)16/h2,5,19-20H,3H2,1H3,(H,21,22)(H,23,24)/b4-2-/t5-/m0/s1. The molecule has 0 radical (unpaired) electrons. The lowest BCUT2D eigenvalue weighted by Crippen LogP contribution is -2.24. The van der Waals surface area contributed by atoms with E-state index in [-0.39, 0.29) is 19.0 Å². The van der Waals surface area contributed by atoms with Crippen molar-refractivity contribution in [1.29, 1.82) is 0 Å². The summed E-state index contributed by atoms with van der Waals surface area (Å²) in [4.78, 5) is 34.3. The van der Waals surface area contributed by atoms with Crippen molar-refractivity contribution in [1.82, 2.24) is 0 Å². The zero-order valence-corrected chi connectivity index (χ0v) is 17.2. The molecule has 8 nitrogen and oxygen atoms in total. The highest BCUT2D eigenvalue weighted by Crippen LogP contribution is 2.47. The van der Waals surface area contributed by atoms with Crippen molar-refractivity contribution in [2.45, 2.75) is 6.42 Å². The van der Waals surface area contributed by atoms with E-state index in [1.165, 1.54) is 0 Å². The van der Waals surface area contributed by atoms with Gasteiger partial charge in [-0.1, -0.05) is 0 Å². The van der Waals surface area contributed by atoms with Gasteiger partial charge in [0.2, 0.25) is 0 Å². The number of methoxy groups -OCH3 is 1. The van der Waals surface area contributed by atoms with Crippen molar-refractivity contribution < 1.29 is 39.5 Å². The van der Waals surface area contributed by atoms with E-state index in [9.17, 15) is 34.8 Å². The number of benzene rings is 1. The molecule has 0 aromatic heterocycles. The van der Waals surface area contributed by atoms with E-state index in [0.29, 0.717) is 0 Å². The van der Waals surface area contributed by atoms with E-state index in [4.69, 9.17) is 0 Å². The minimum Gasteiger partial charge on any atom is -0.503 e. The molecule has 1 atom stereocenters. The van der Waals surface area contributed by atoms with Gasteiger partial charge in [0, 0.05) is 10.0 Å². The number of rotatable bonds is 6. The van der Waals surface area contributed by atoms with E-state index < -0.39 is 47.3 Å². The van der Waals surface area contributed by atoms with Crippen LogP contribution in [0.5, 0.6) is 11.5 Å². The van der Waals surface area contributed by atoms with Gasteiger partial charge in [0.1, 0.15) is 0 Å². The first-order valence-electron chi connectivity index (χ1n) is 6.35. The molecule has 0 bridgehead atoms. The molecule has 1 rings (SSSR count). The van der Waals surface area contributed by atoms with Gasteiger partial charge < -0.3 is 25.2 Å². The van der Waals surface area contributed by atoms with Crippen LogP contribution in [0.2, 0.25) is 0 Å². The maximum absolute atomic E-state index is 11.5. The van der Waals surface area contributed by atoms with Gasteiger partial charge in [-0.2, -0.15) is 0 Å². The van der Waals surface area contributed by atoms with Gasteiger partial charge in [-0.15, -0.1) is 0 Å². The Morgan fingerprint density at radius 1 is 1.04 bits per heavy atom. The number of phenolic OH excluding ortho intramolecular Hbond substituents is 2. The van der Waals surface area contributed by atoms with Crippen LogP contribution >= 0.6 is 47.8 Å². The predicted octanol–water partition coefficient (Wildman–Crippen LogP) is 3.12. The molecule has 0 heterocycles. The van der Waals surface area contributed by atoms with Gasteiger partial charge in [0.25, 0.3) is 0 Å². The normalized spacial score (nSPS) is 12.6. The molecular weight excluding hydrogens is 536 g/mol. The summed E-state index contributed by atoms with van der Waals surface area (Å²) in [6, 6.07) is 0. The predicted molar refractivity (Wildman–Crippen MR) is 96.2 cm³/mol. The second kappa shape index (κ2) is 8.68. The molecule has 0 aliphatic carbocycles. The number of carboxylic acids is 2. The molecule has 0 aliphatic heterocycles. The lowest BCUT2D eigenvalue weighted by molar-refractivity contribution is -0.150. The average molecular weight is 547 g/mol. The molecule has 0 saturated carbocycles. The monoisotopic (exact) mass is 544 g/mol. The Morgan fingerprint density at radius 3 is 2.00 bits per heavy atom. The van der Waals surface area contributed by atoms with Crippen LogP contribution in [0.1, 0.15) is 12.0 Å². The first-order valence-corrected chi connectivity index (χ1v) is 8.73. The third kappa shape index (κ3) is 4.73. The van der Waals surface area contributed by atoms with Crippen molar-refractivity contribution in [3.05, 3.63) is 24.6 Å². The Bertz CT molecular complexity index is 743. The number of phenols is 2. The summed E-state index contributed by atoms with van der Waals surface area (Å²) in [6.07, 6.45) is 0.284. The Hall–Kier alpha value is -1.59. The average Bonchev–Trinajstić information content (AvgIpc) is 2.56. The van der Waals surface area contributed by atoms with Crippen LogP contribution in [0.4, 0.5) is 0 Å².